The highest BCUT2D eigenvalue weighted by molar-refractivity contribution is 7.11. The van der Waals surface area contributed by atoms with Crippen molar-refractivity contribution in [3.8, 4) is 0 Å². The second kappa shape index (κ2) is 5.48. The minimum absolute atomic E-state index is 0.186. The monoisotopic (exact) mass is 279 g/mol. The molecule has 0 aliphatic carbocycles. The van der Waals surface area contributed by atoms with Gasteiger partial charge in [0.1, 0.15) is 5.82 Å². The Bertz CT molecular complexity index is 574. The van der Waals surface area contributed by atoms with Crippen LogP contribution in [0.3, 0.4) is 0 Å². The molecule has 0 saturated heterocycles. The van der Waals surface area contributed by atoms with Crippen LogP contribution in [0.1, 0.15) is 46.1 Å². The number of amides is 1. The highest BCUT2D eigenvalue weighted by atomic mass is 32.1. The number of aryl methyl sites for hydroxylation is 1. The van der Waals surface area contributed by atoms with Gasteiger partial charge in [-0.2, -0.15) is 0 Å². The van der Waals surface area contributed by atoms with Crippen molar-refractivity contribution in [2.45, 2.75) is 33.2 Å². The van der Waals surface area contributed by atoms with Crippen molar-refractivity contribution >= 4 is 17.2 Å². The third-order valence-corrected chi connectivity index (χ3v) is 3.55. The minimum atomic E-state index is -0.186. The van der Waals surface area contributed by atoms with E-state index in [4.69, 9.17) is 0 Å². The van der Waals surface area contributed by atoms with Crippen LogP contribution in [-0.2, 0) is 6.54 Å². The van der Waals surface area contributed by atoms with E-state index in [2.05, 4.69) is 20.2 Å². The molecule has 2 aromatic heterocycles. The predicted octanol–water partition coefficient (Wildman–Crippen LogP) is 1.97. The molecule has 2 aromatic rings. The first-order chi connectivity index (χ1) is 8.97. The number of nitrogens with zero attached hydrogens (tertiary/aromatic N) is 4. The predicted molar refractivity (Wildman–Crippen MR) is 73.1 cm³/mol. The van der Waals surface area contributed by atoms with Crippen molar-refractivity contribution in [2.75, 3.05) is 7.05 Å². The average molecular weight is 279 g/mol. The van der Waals surface area contributed by atoms with Crippen molar-refractivity contribution in [3.05, 3.63) is 27.7 Å². The van der Waals surface area contributed by atoms with Crippen molar-refractivity contribution in [1.82, 2.24) is 25.1 Å². The Balaban J connectivity index is 2.05. The summed E-state index contributed by atoms with van der Waals surface area (Å²) in [4.78, 5) is 23.2. The van der Waals surface area contributed by atoms with E-state index in [9.17, 15) is 4.79 Å². The maximum Gasteiger partial charge on any atom is 0.293 e. The van der Waals surface area contributed by atoms with Crippen LogP contribution in [0.5, 0.6) is 0 Å². The Hall–Kier alpha value is -1.76. The van der Waals surface area contributed by atoms with Crippen molar-refractivity contribution < 1.29 is 4.79 Å². The number of nitrogens with one attached hydrogen (secondary N) is 1. The summed E-state index contributed by atoms with van der Waals surface area (Å²) in [7, 11) is 1.74. The maximum atomic E-state index is 12.2. The minimum Gasteiger partial charge on any atom is -0.334 e. The van der Waals surface area contributed by atoms with Gasteiger partial charge < -0.3 is 4.90 Å². The van der Waals surface area contributed by atoms with E-state index in [0.29, 0.717) is 6.54 Å². The fraction of sp³-hybridized carbons (Fsp3) is 0.500. The number of aromatic amines is 1. The van der Waals surface area contributed by atoms with Gasteiger partial charge in [-0.25, -0.2) is 9.97 Å². The fourth-order valence-corrected chi connectivity index (χ4v) is 2.43. The first-order valence-corrected chi connectivity index (χ1v) is 6.88. The lowest BCUT2D eigenvalue weighted by Gasteiger charge is -2.13. The van der Waals surface area contributed by atoms with Crippen molar-refractivity contribution in [1.29, 1.82) is 0 Å². The third-order valence-electron chi connectivity index (χ3n) is 2.65. The summed E-state index contributed by atoms with van der Waals surface area (Å²) in [6.07, 6.45) is 1.79. The molecule has 102 valence electrons. The molecule has 0 spiro atoms. The third kappa shape index (κ3) is 3.17. The van der Waals surface area contributed by atoms with Crippen molar-refractivity contribution in [3.63, 3.8) is 0 Å². The van der Waals surface area contributed by atoms with E-state index >= 15 is 0 Å². The highest BCUT2D eigenvalue weighted by Crippen LogP contribution is 2.14. The Labute approximate surface area is 115 Å². The molecule has 1 N–H and O–H groups in total. The zero-order valence-electron chi connectivity index (χ0n) is 11.5. The van der Waals surface area contributed by atoms with Gasteiger partial charge in [0.05, 0.1) is 11.6 Å². The van der Waals surface area contributed by atoms with Gasteiger partial charge in [-0.15, -0.1) is 16.4 Å². The quantitative estimate of drug-likeness (QED) is 0.928. The number of aromatic nitrogens is 4. The maximum absolute atomic E-state index is 12.2. The number of hydrogen-bond acceptors (Lipinski definition) is 5. The highest BCUT2D eigenvalue weighted by Gasteiger charge is 2.18. The lowest BCUT2D eigenvalue weighted by Crippen LogP contribution is -2.26. The van der Waals surface area contributed by atoms with Crippen LogP contribution in [0.25, 0.3) is 0 Å². The topological polar surface area (TPSA) is 74.8 Å². The molecule has 0 aliphatic rings. The van der Waals surface area contributed by atoms with Gasteiger partial charge in [-0.1, -0.05) is 13.8 Å². The zero-order valence-corrected chi connectivity index (χ0v) is 12.3. The van der Waals surface area contributed by atoms with E-state index < -0.39 is 0 Å². The number of thiazole rings is 1. The smallest absolute Gasteiger partial charge is 0.293 e. The molecule has 1 amide bonds. The summed E-state index contributed by atoms with van der Waals surface area (Å²) in [5.41, 5.74) is 0. The summed E-state index contributed by atoms with van der Waals surface area (Å²) in [5, 5.41) is 7.75. The molecule has 2 rings (SSSR count). The van der Waals surface area contributed by atoms with Gasteiger partial charge in [0.25, 0.3) is 5.91 Å². The standard InChI is InChI=1S/C12H17N5OS/c1-7(2)10-14-11(16-15-10)12(18)17(4)6-9-5-13-8(3)19-9/h5,7H,6H2,1-4H3,(H,14,15,16). The summed E-state index contributed by atoms with van der Waals surface area (Å²) < 4.78 is 0. The summed E-state index contributed by atoms with van der Waals surface area (Å²) in [6, 6.07) is 0. The Morgan fingerprint density at radius 1 is 1.53 bits per heavy atom. The first kappa shape index (κ1) is 13.7. The normalized spacial score (nSPS) is 11.0. The van der Waals surface area contributed by atoms with Gasteiger partial charge >= 0.3 is 0 Å². The van der Waals surface area contributed by atoms with Gasteiger partial charge in [-0.3, -0.25) is 9.89 Å². The Morgan fingerprint density at radius 2 is 2.26 bits per heavy atom. The van der Waals surface area contributed by atoms with Crippen LogP contribution in [-0.4, -0.2) is 38.0 Å². The molecule has 0 aromatic carbocycles. The molecule has 0 aliphatic heterocycles. The molecular formula is C12H17N5OS. The molecule has 6 nitrogen and oxygen atoms in total. The summed E-state index contributed by atoms with van der Waals surface area (Å²) >= 11 is 1.59. The molecule has 19 heavy (non-hydrogen) atoms. The molecular weight excluding hydrogens is 262 g/mol. The van der Waals surface area contributed by atoms with E-state index in [1.165, 1.54) is 0 Å². The second-order valence-electron chi connectivity index (χ2n) is 4.71. The SMILES string of the molecule is Cc1ncc(CN(C)C(=O)c2n[nH]c(C(C)C)n2)s1. The fourth-order valence-electron chi connectivity index (χ4n) is 1.58. The Morgan fingerprint density at radius 3 is 2.79 bits per heavy atom. The number of H-pyrrole nitrogens is 1. The van der Waals surface area contributed by atoms with Crippen LogP contribution in [0.15, 0.2) is 6.20 Å². The molecule has 0 saturated carbocycles. The molecule has 0 bridgehead atoms. The number of rotatable bonds is 4. The van der Waals surface area contributed by atoms with E-state index in [-0.39, 0.29) is 17.6 Å². The molecule has 2 heterocycles. The van der Waals surface area contributed by atoms with E-state index in [0.717, 1.165) is 15.7 Å². The van der Waals surface area contributed by atoms with Gasteiger partial charge in [0.15, 0.2) is 0 Å². The number of hydrogen-bond donors (Lipinski definition) is 1. The average Bonchev–Trinajstić information content (AvgIpc) is 2.97. The molecule has 7 heteroatoms. The van der Waals surface area contributed by atoms with Crippen LogP contribution in [0.4, 0.5) is 0 Å². The lowest BCUT2D eigenvalue weighted by molar-refractivity contribution is 0.0774. The number of carbonyl (C=O) groups excluding carboxylic acids is 1. The largest absolute Gasteiger partial charge is 0.334 e. The van der Waals surface area contributed by atoms with E-state index in [1.807, 2.05) is 20.8 Å². The Kier molecular flexibility index (Phi) is 3.94. The van der Waals surface area contributed by atoms with Gasteiger partial charge in [0, 0.05) is 24.0 Å². The lowest BCUT2D eigenvalue weighted by atomic mass is 10.2. The zero-order chi connectivity index (χ0) is 14.0. The van der Waals surface area contributed by atoms with Crippen molar-refractivity contribution in [2.24, 2.45) is 0 Å². The number of carbonyl (C=O) groups is 1. The molecule has 0 fully saturated rings. The first-order valence-electron chi connectivity index (χ1n) is 6.06. The molecule has 0 atom stereocenters. The van der Waals surface area contributed by atoms with E-state index in [1.54, 1.807) is 29.5 Å². The van der Waals surface area contributed by atoms with Crippen LogP contribution in [0.2, 0.25) is 0 Å². The van der Waals surface area contributed by atoms with Gasteiger partial charge in [-0.05, 0) is 6.92 Å². The van der Waals surface area contributed by atoms with Crippen LogP contribution >= 0.6 is 11.3 Å². The van der Waals surface area contributed by atoms with Gasteiger partial charge in [0.2, 0.25) is 5.82 Å². The molecule has 0 unspecified atom stereocenters. The summed E-state index contributed by atoms with van der Waals surface area (Å²) in [5.74, 6) is 0.982. The van der Waals surface area contributed by atoms with Crippen LogP contribution in [0, 0.1) is 6.92 Å². The second-order valence-corrected chi connectivity index (χ2v) is 6.03. The summed E-state index contributed by atoms with van der Waals surface area (Å²) in [6.45, 7) is 6.47. The van der Waals surface area contributed by atoms with Crippen LogP contribution < -0.4 is 0 Å². The molecule has 0 radical (unpaired) electrons.